The van der Waals surface area contributed by atoms with E-state index in [9.17, 15) is 8.42 Å². The highest BCUT2D eigenvalue weighted by molar-refractivity contribution is 7.88. The average molecular weight is 402 g/mol. The van der Waals surface area contributed by atoms with Gasteiger partial charge in [0.15, 0.2) is 0 Å². The number of halogens is 2. The summed E-state index contributed by atoms with van der Waals surface area (Å²) in [5.74, 6) is 0.618. The minimum absolute atomic E-state index is 0.157. The fraction of sp³-hybridized carbons (Fsp3) is 0.333. The van der Waals surface area contributed by atoms with E-state index < -0.39 is 10.0 Å². The van der Waals surface area contributed by atoms with E-state index in [0.717, 1.165) is 16.9 Å². The number of nitrogens with one attached hydrogen (secondary N) is 1. The van der Waals surface area contributed by atoms with Crippen molar-refractivity contribution in [3.05, 3.63) is 63.1 Å². The van der Waals surface area contributed by atoms with Crippen molar-refractivity contribution in [1.29, 1.82) is 0 Å². The second-order valence-electron chi connectivity index (χ2n) is 5.82. The third-order valence-electron chi connectivity index (χ3n) is 3.89. The summed E-state index contributed by atoms with van der Waals surface area (Å²) in [7, 11) is -1.92. The normalized spacial score (nSPS) is 12.8. The number of benzene rings is 2. The Morgan fingerprint density at radius 2 is 1.84 bits per heavy atom. The second kappa shape index (κ2) is 8.41. The number of aryl methyl sites for hydroxylation is 1. The lowest BCUT2D eigenvalue weighted by molar-refractivity contribution is 0.411. The molecule has 2 rings (SSSR count). The molecule has 7 heteroatoms. The molecule has 1 atom stereocenters. The van der Waals surface area contributed by atoms with Crippen LogP contribution in [0.1, 0.15) is 36.1 Å². The van der Waals surface area contributed by atoms with Gasteiger partial charge in [-0.25, -0.2) is 13.1 Å². The van der Waals surface area contributed by atoms with Crippen molar-refractivity contribution in [2.45, 2.75) is 32.1 Å². The smallest absolute Gasteiger partial charge is 0.216 e. The molecule has 4 nitrogen and oxygen atoms in total. The Morgan fingerprint density at radius 1 is 1.12 bits per heavy atom. The van der Waals surface area contributed by atoms with Gasteiger partial charge in [-0.2, -0.15) is 0 Å². The largest absolute Gasteiger partial charge is 0.496 e. The van der Waals surface area contributed by atoms with E-state index in [4.69, 9.17) is 27.9 Å². The van der Waals surface area contributed by atoms with E-state index in [0.29, 0.717) is 22.0 Å². The van der Waals surface area contributed by atoms with Crippen LogP contribution in [0.3, 0.4) is 0 Å². The van der Waals surface area contributed by atoms with Crippen LogP contribution < -0.4 is 9.46 Å². The maximum Gasteiger partial charge on any atom is 0.216 e. The molecule has 0 heterocycles. The van der Waals surface area contributed by atoms with Gasteiger partial charge < -0.3 is 4.74 Å². The highest BCUT2D eigenvalue weighted by Crippen LogP contribution is 2.26. The topological polar surface area (TPSA) is 55.4 Å². The molecule has 0 amide bonds. The van der Waals surface area contributed by atoms with E-state index in [2.05, 4.69) is 4.72 Å². The molecule has 0 spiro atoms. The molecule has 0 aliphatic rings. The molecule has 0 unspecified atom stereocenters. The molecule has 0 aromatic heterocycles. The molecular weight excluding hydrogens is 381 g/mol. The monoisotopic (exact) mass is 401 g/mol. The van der Waals surface area contributed by atoms with Gasteiger partial charge in [-0.15, -0.1) is 0 Å². The van der Waals surface area contributed by atoms with E-state index >= 15 is 0 Å². The molecule has 136 valence electrons. The fourth-order valence-corrected chi connectivity index (χ4v) is 4.37. The number of hydrogen-bond acceptors (Lipinski definition) is 3. The van der Waals surface area contributed by atoms with Crippen LogP contribution >= 0.6 is 23.2 Å². The number of hydrogen-bond donors (Lipinski definition) is 1. The third-order valence-corrected chi connectivity index (χ3v) is 5.99. The Kier molecular flexibility index (Phi) is 6.74. The molecule has 0 aliphatic carbocycles. The summed E-state index contributed by atoms with van der Waals surface area (Å²) < 4.78 is 33.1. The lowest BCUT2D eigenvalue weighted by Crippen LogP contribution is -2.29. The number of sulfonamides is 1. The maximum atomic E-state index is 12.5. The zero-order valence-corrected chi connectivity index (χ0v) is 16.7. The summed E-state index contributed by atoms with van der Waals surface area (Å²) in [5.41, 5.74) is 2.45. The Labute approximate surface area is 159 Å². The van der Waals surface area contributed by atoms with Crippen LogP contribution in [0, 0.1) is 6.92 Å². The second-order valence-corrected chi connectivity index (χ2v) is 8.38. The van der Waals surface area contributed by atoms with Crippen LogP contribution in [-0.2, 0) is 15.8 Å². The summed E-state index contributed by atoms with van der Waals surface area (Å²) in [5, 5.41) is 0.739. The minimum atomic E-state index is -3.54. The van der Waals surface area contributed by atoms with Crippen molar-refractivity contribution in [3.63, 3.8) is 0 Å². The van der Waals surface area contributed by atoms with Gasteiger partial charge in [-0.1, -0.05) is 48.3 Å². The van der Waals surface area contributed by atoms with E-state index in [1.807, 2.05) is 32.0 Å². The van der Waals surface area contributed by atoms with Gasteiger partial charge in [0.2, 0.25) is 10.0 Å². The van der Waals surface area contributed by atoms with Crippen LogP contribution in [0.5, 0.6) is 5.75 Å². The Balaban J connectivity index is 2.18. The molecule has 2 aromatic rings. The lowest BCUT2D eigenvalue weighted by atomic mass is 10.0. The zero-order chi connectivity index (χ0) is 18.6. The Morgan fingerprint density at radius 3 is 2.40 bits per heavy atom. The molecule has 0 aliphatic heterocycles. The first-order valence-electron chi connectivity index (χ1n) is 7.84. The molecule has 0 fully saturated rings. The first-order valence-corrected chi connectivity index (χ1v) is 10.2. The average Bonchev–Trinajstić information content (AvgIpc) is 2.55. The van der Waals surface area contributed by atoms with Crippen molar-refractivity contribution < 1.29 is 13.2 Å². The zero-order valence-electron chi connectivity index (χ0n) is 14.3. The number of ether oxygens (including phenoxy) is 1. The summed E-state index contributed by atoms with van der Waals surface area (Å²) in [4.78, 5) is 0. The van der Waals surface area contributed by atoms with Gasteiger partial charge >= 0.3 is 0 Å². The molecule has 1 N–H and O–H groups in total. The van der Waals surface area contributed by atoms with Gasteiger partial charge in [-0.3, -0.25) is 0 Å². The number of rotatable bonds is 7. The molecule has 0 saturated heterocycles. The molecule has 0 bridgehead atoms. The van der Waals surface area contributed by atoms with Crippen molar-refractivity contribution in [1.82, 2.24) is 4.72 Å². The van der Waals surface area contributed by atoms with Gasteiger partial charge in [-0.05, 0) is 48.2 Å². The van der Waals surface area contributed by atoms with Crippen LogP contribution in [0.15, 0.2) is 36.4 Å². The van der Waals surface area contributed by atoms with Gasteiger partial charge in [0.05, 0.1) is 22.9 Å². The van der Waals surface area contributed by atoms with Crippen molar-refractivity contribution in [2.24, 2.45) is 0 Å². The summed E-state index contributed by atoms with van der Waals surface area (Å²) in [6.07, 6.45) is 0.631. The third kappa shape index (κ3) is 5.35. The van der Waals surface area contributed by atoms with E-state index in [1.165, 1.54) is 0 Å². The first kappa shape index (κ1) is 20.0. The molecule has 2 aromatic carbocycles. The predicted octanol–water partition coefficient (Wildman–Crippen LogP) is 4.88. The van der Waals surface area contributed by atoms with Crippen LogP contribution in [0.4, 0.5) is 0 Å². The highest BCUT2D eigenvalue weighted by Gasteiger charge is 2.19. The predicted molar refractivity (Wildman–Crippen MR) is 103 cm³/mol. The standard InChI is InChI=1S/C18H21Cl2NO3S/c1-4-17(14-6-8-18(24-3)12(2)9-14)21-25(22,23)11-13-5-7-15(19)16(20)10-13/h5-10,17,21H,4,11H2,1-3H3/t17-/m1/s1. The van der Waals surface area contributed by atoms with Gasteiger partial charge in [0.25, 0.3) is 0 Å². The SMILES string of the molecule is CC[C@@H](NS(=O)(=O)Cc1ccc(Cl)c(Cl)c1)c1ccc(OC)c(C)c1. The van der Waals surface area contributed by atoms with Crippen LogP contribution in [0.2, 0.25) is 10.0 Å². The van der Waals surface area contributed by atoms with Gasteiger partial charge in [0, 0.05) is 6.04 Å². The quantitative estimate of drug-likeness (QED) is 0.718. The van der Waals surface area contributed by atoms with Crippen LogP contribution in [0.25, 0.3) is 0 Å². The minimum Gasteiger partial charge on any atom is -0.496 e. The van der Waals surface area contributed by atoms with Gasteiger partial charge in [0.1, 0.15) is 5.75 Å². The Bertz CT molecular complexity index is 853. The van der Waals surface area contributed by atoms with E-state index in [1.54, 1.807) is 25.3 Å². The molecule has 25 heavy (non-hydrogen) atoms. The summed E-state index contributed by atoms with van der Waals surface area (Å²) in [6, 6.07) is 10.2. The Hall–Kier alpha value is -1.27. The van der Waals surface area contributed by atoms with E-state index in [-0.39, 0.29) is 11.8 Å². The highest BCUT2D eigenvalue weighted by atomic mass is 35.5. The first-order chi connectivity index (χ1) is 11.8. The summed E-state index contributed by atoms with van der Waals surface area (Å²) in [6.45, 7) is 3.87. The molecule has 0 saturated carbocycles. The summed E-state index contributed by atoms with van der Waals surface area (Å²) >= 11 is 11.8. The van der Waals surface area contributed by atoms with Crippen molar-refractivity contribution in [2.75, 3.05) is 7.11 Å². The lowest BCUT2D eigenvalue weighted by Gasteiger charge is -2.19. The fourth-order valence-electron chi connectivity index (χ4n) is 2.61. The van der Waals surface area contributed by atoms with Crippen molar-refractivity contribution in [3.8, 4) is 5.75 Å². The molecule has 0 radical (unpaired) electrons. The van der Waals surface area contributed by atoms with Crippen LogP contribution in [-0.4, -0.2) is 15.5 Å². The maximum absolute atomic E-state index is 12.5. The van der Waals surface area contributed by atoms with Crippen molar-refractivity contribution >= 4 is 33.2 Å². The number of methoxy groups -OCH3 is 1. The molecular formula is C18H21Cl2NO3S.